The van der Waals surface area contributed by atoms with Crippen molar-refractivity contribution in [3.05, 3.63) is 29.3 Å². The molecule has 1 aromatic rings. The highest BCUT2D eigenvalue weighted by Gasteiger charge is 2.34. The van der Waals surface area contributed by atoms with Gasteiger partial charge in [-0.1, -0.05) is 6.07 Å². The van der Waals surface area contributed by atoms with Crippen molar-refractivity contribution in [2.75, 3.05) is 32.4 Å². The topological polar surface area (TPSA) is 104 Å². The van der Waals surface area contributed by atoms with E-state index in [0.29, 0.717) is 43.9 Å². The van der Waals surface area contributed by atoms with E-state index in [2.05, 4.69) is 5.32 Å². The Labute approximate surface area is 185 Å². The number of amides is 1. The third kappa shape index (κ3) is 4.97. The zero-order chi connectivity index (χ0) is 22.2. The maximum absolute atomic E-state index is 13.1. The Bertz CT molecular complexity index is 1050. The van der Waals surface area contributed by atoms with Gasteiger partial charge in [0.15, 0.2) is 0 Å². The fourth-order valence-electron chi connectivity index (χ4n) is 4.90. The van der Waals surface area contributed by atoms with Gasteiger partial charge in [0, 0.05) is 38.1 Å². The molecule has 1 aliphatic carbocycles. The molecule has 1 aromatic carbocycles. The molecule has 0 spiro atoms. The Balaban J connectivity index is 1.33. The van der Waals surface area contributed by atoms with Gasteiger partial charge in [0.25, 0.3) is 0 Å². The molecule has 10 heteroatoms. The number of carbonyl (C=O) groups is 1. The number of nitrogens with one attached hydrogen (secondary N) is 1. The van der Waals surface area contributed by atoms with Crippen molar-refractivity contribution in [2.24, 2.45) is 5.92 Å². The summed E-state index contributed by atoms with van der Waals surface area (Å²) in [5.41, 5.74) is 2.37. The highest BCUT2D eigenvalue weighted by atomic mass is 32.2. The summed E-state index contributed by atoms with van der Waals surface area (Å²) in [6.45, 7) is 1.43. The summed E-state index contributed by atoms with van der Waals surface area (Å²) in [6, 6.07) is 5.26. The van der Waals surface area contributed by atoms with Crippen molar-refractivity contribution < 1.29 is 21.6 Å². The second-order valence-electron chi connectivity index (χ2n) is 8.93. The molecule has 1 atom stereocenters. The van der Waals surface area contributed by atoms with Gasteiger partial charge in [-0.3, -0.25) is 4.79 Å². The molecular formula is C21H31N3O5S2. The van der Waals surface area contributed by atoms with Gasteiger partial charge >= 0.3 is 0 Å². The van der Waals surface area contributed by atoms with E-state index < -0.39 is 20.0 Å². The fraction of sp³-hybridized carbons (Fsp3) is 0.667. The lowest BCUT2D eigenvalue weighted by Gasteiger charge is -2.34. The second-order valence-corrected chi connectivity index (χ2v) is 12.9. The number of sulfonamides is 2. The predicted molar refractivity (Wildman–Crippen MR) is 118 cm³/mol. The molecule has 172 valence electrons. The monoisotopic (exact) mass is 469 g/mol. The zero-order valence-electron chi connectivity index (χ0n) is 17.9. The number of carbonyl (C=O) groups excluding carboxylic acids is 1. The van der Waals surface area contributed by atoms with Crippen molar-refractivity contribution in [1.29, 1.82) is 0 Å². The first kappa shape index (κ1) is 22.7. The second kappa shape index (κ2) is 8.80. The van der Waals surface area contributed by atoms with Gasteiger partial charge in [-0.2, -0.15) is 4.31 Å². The average Bonchev–Trinajstić information content (AvgIpc) is 3.21. The van der Waals surface area contributed by atoms with Crippen LogP contribution in [0.4, 0.5) is 0 Å². The lowest BCUT2D eigenvalue weighted by Crippen LogP contribution is -2.51. The van der Waals surface area contributed by atoms with E-state index in [-0.39, 0.29) is 17.9 Å². The van der Waals surface area contributed by atoms with Crippen LogP contribution in [0, 0.1) is 5.92 Å². The Morgan fingerprint density at radius 2 is 1.65 bits per heavy atom. The predicted octanol–water partition coefficient (Wildman–Crippen LogP) is 1.12. The molecule has 0 saturated carbocycles. The fourth-order valence-corrected chi connectivity index (χ4v) is 7.33. The van der Waals surface area contributed by atoms with Crippen LogP contribution in [0.5, 0.6) is 0 Å². The first-order valence-corrected chi connectivity index (χ1v) is 14.3. The molecule has 4 rings (SSSR count). The molecule has 2 heterocycles. The number of hydrogen-bond acceptors (Lipinski definition) is 5. The number of nitrogens with zero attached hydrogens (tertiary/aromatic N) is 2. The van der Waals surface area contributed by atoms with Crippen molar-refractivity contribution in [1.82, 2.24) is 13.9 Å². The molecule has 8 nitrogen and oxygen atoms in total. The Kier molecular flexibility index (Phi) is 6.44. The third-order valence-corrected chi connectivity index (χ3v) is 9.90. The summed E-state index contributed by atoms with van der Waals surface area (Å²) < 4.78 is 52.6. The summed E-state index contributed by atoms with van der Waals surface area (Å²) >= 11 is 0. The van der Waals surface area contributed by atoms with Crippen LogP contribution in [-0.4, -0.2) is 69.8 Å². The molecular weight excluding hydrogens is 438 g/mol. The first-order chi connectivity index (χ1) is 14.6. The maximum Gasteiger partial charge on any atom is 0.243 e. The van der Waals surface area contributed by atoms with Crippen molar-refractivity contribution in [3.63, 3.8) is 0 Å². The minimum absolute atomic E-state index is 0.102. The third-order valence-electron chi connectivity index (χ3n) is 6.73. The van der Waals surface area contributed by atoms with E-state index in [0.717, 1.165) is 37.7 Å². The molecule has 31 heavy (non-hydrogen) atoms. The number of piperidine rings is 2. The van der Waals surface area contributed by atoms with Crippen LogP contribution in [0.2, 0.25) is 0 Å². The highest BCUT2D eigenvalue weighted by molar-refractivity contribution is 7.89. The number of hydrogen-bond donors (Lipinski definition) is 1. The van der Waals surface area contributed by atoms with E-state index >= 15 is 0 Å². The van der Waals surface area contributed by atoms with Crippen LogP contribution < -0.4 is 5.32 Å². The van der Waals surface area contributed by atoms with E-state index in [1.165, 1.54) is 20.4 Å². The lowest BCUT2D eigenvalue weighted by atomic mass is 9.96. The van der Waals surface area contributed by atoms with Crippen LogP contribution in [0.25, 0.3) is 0 Å². The minimum Gasteiger partial charge on any atom is -0.352 e. The van der Waals surface area contributed by atoms with Gasteiger partial charge in [-0.15, -0.1) is 0 Å². The van der Waals surface area contributed by atoms with E-state index in [4.69, 9.17) is 0 Å². The van der Waals surface area contributed by atoms with E-state index in [1.807, 2.05) is 12.1 Å². The van der Waals surface area contributed by atoms with Gasteiger partial charge in [0.2, 0.25) is 26.0 Å². The summed E-state index contributed by atoms with van der Waals surface area (Å²) in [7, 11) is -6.82. The normalized spacial score (nSPS) is 24.1. The van der Waals surface area contributed by atoms with Crippen LogP contribution in [0.15, 0.2) is 23.1 Å². The minimum atomic E-state index is -3.56. The summed E-state index contributed by atoms with van der Waals surface area (Å²) in [6.07, 6.45) is 6.62. The first-order valence-electron chi connectivity index (χ1n) is 11.0. The van der Waals surface area contributed by atoms with Crippen molar-refractivity contribution in [2.45, 2.75) is 55.9 Å². The van der Waals surface area contributed by atoms with Gasteiger partial charge in [-0.25, -0.2) is 21.1 Å². The smallest absolute Gasteiger partial charge is 0.243 e. The lowest BCUT2D eigenvalue weighted by molar-refractivity contribution is -0.127. The van der Waals surface area contributed by atoms with Gasteiger partial charge in [0.05, 0.1) is 11.2 Å². The SMILES string of the molecule is CS(=O)(=O)N1CCCC(NC(=O)C2CCN(S(=O)(=O)c3ccc4c(c3)CCC4)CC2)C1. The molecule has 1 unspecified atom stereocenters. The standard InChI is InChI=1S/C21H31N3O5S2/c1-30(26,27)24-11-3-6-19(15-24)22-21(25)17-9-12-23(13-10-17)31(28,29)20-8-7-16-4-2-5-18(16)14-20/h7-8,14,17,19H,2-6,9-13,15H2,1H3,(H,22,25). The van der Waals surface area contributed by atoms with Crippen LogP contribution in [0.1, 0.15) is 43.2 Å². The van der Waals surface area contributed by atoms with E-state index in [1.54, 1.807) is 6.07 Å². The molecule has 2 saturated heterocycles. The van der Waals surface area contributed by atoms with Crippen LogP contribution >= 0.6 is 0 Å². The molecule has 2 fully saturated rings. The highest BCUT2D eigenvalue weighted by Crippen LogP contribution is 2.28. The Hall–Kier alpha value is -1.49. The number of rotatable bonds is 5. The number of benzene rings is 1. The summed E-state index contributed by atoms with van der Waals surface area (Å²) in [5.74, 6) is -0.352. The van der Waals surface area contributed by atoms with Gasteiger partial charge in [0.1, 0.15) is 0 Å². The van der Waals surface area contributed by atoms with Crippen LogP contribution in [0.3, 0.4) is 0 Å². The molecule has 0 radical (unpaired) electrons. The summed E-state index contributed by atoms with van der Waals surface area (Å²) in [5, 5.41) is 2.99. The Morgan fingerprint density at radius 1 is 0.935 bits per heavy atom. The number of fused-ring (bicyclic) bond motifs is 1. The molecule has 3 aliphatic rings. The number of aryl methyl sites for hydroxylation is 2. The maximum atomic E-state index is 13.1. The van der Waals surface area contributed by atoms with Crippen LogP contribution in [-0.2, 0) is 37.7 Å². The Morgan fingerprint density at radius 3 is 2.35 bits per heavy atom. The van der Waals surface area contributed by atoms with Gasteiger partial charge in [-0.05, 0) is 68.2 Å². The van der Waals surface area contributed by atoms with Crippen molar-refractivity contribution in [3.8, 4) is 0 Å². The molecule has 1 amide bonds. The molecule has 2 aliphatic heterocycles. The van der Waals surface area contributed by atoms with E-state index in [9.17, 15) is 21.6 Å². The molecule has 0 bridgehead atoms. The zero-order valence-corrected chi connectivity index (χ0v) is 19.6. The quantitative estimate of drug-likeness (QED) is 0.696. The molecule has 1 N–H and O–H groups in total. The van der Waals surface area contributed by atoms with Gasteiger partial charge < -0.3 is 5.32 Å². The van der Waals surface area contributed by atoms with Crippen molar-refractivity contribution >= 4 is 26.0 Å². The average molecular weight is 470 g/mol. The molecule has 0 aromatic heterocycles. The summed E-state index contributed by atoms with van der Waals surface area (Å²) in [4.78, 5) is 13.1. The largest absolute Gasteiger partial charge is 0.352 e.